The lowest BCUT2D eigenvalue weighted by molar-refractivity contribution is 0.0725. The highest BCUT2D eigenvalue weighted by atomic mass is 32.2. The van der Waals surface area contributed by atoms with Crippen LogP contribution in [0.1, 0.15) is 12.8 Å². The molecule has 1 aliphatic rings. The van der Waals surface area contributed by atoms with Crippen LogP contribution in [0.5, 0.6) is 0 Å². The number of anilines is 1. The molecule has 1 unspecified atom stereocenters. The van der Waals surface area contributed by atoms with Gasteiger partial charge < -0.3 is 10.5 Å². The van der Waals surface area contributed by atoms with Gasteiger partial charge in [0.15, 0.2) is 0 Å². The molecule has 5 heteroatoms. The smallest absolute Gasteiger partial charge is 0.0664 e. The van der Waals surface area contributed by atoms with Crippen LogP contribution in [-0.4, -0.2) is 28.2 Å². The molecular weight excluding hydrogens is 224 g/mol. The molecule has 1 saturated heterocycles. The molecule has 2 N–H and O–H groups in total. The van der Waals surface area contributed by atoms with Crippen LogP contribution < -0.4 is 5.73 Å². The first-order chi connectivity index (χ1) is 7.77. The van der Waals surface area contributed by atoms with Gasteiger partial charge in [-0.2, -0.15) is 0 Å². The van der Waals surface area contributed by atoms with Gasteiger partial charge in [-0.05, 0) is 24.8 Å². The standard InChI is InChI=1S/C11H16N2O2S/c12-10-7-13-4-1-11(10)16(14)8-9-2-5-15-6-3-9/h1,4,7,9H,2-3,5-6,8,12H2. The van der Waals surface area contributed by atoms with Crippen LogP contribution in [0.15, 0.2) is 23.4 Å². The monoisotopic (exact) mass is 240 g/mol. The van der Waals surface area contributed by atoms with Gasteiger partial charge in [0.05, 0.1) is 27.6 Å². The van der Waals surface area contributed by atoms with E-state index in [1.54, 1.807) is 18.5 Å². The summed E-state index contributed by atoms with van der Waals surface area (Å²) in [5, 5.41) is 0. The van der Waals surface area contributed by atoms with Crippen LogP contribution in [0.2, 0.25) is 0 Å². The Morgan fingerprint density at radius 3 is 2.94 bits per heavy atom. The van der Waals surface area contributed by atoms with Crippen LogP contribution in [0.25, 0.3) is 0 Å². The number of nitrogens with zero attached hydrogens (tertiary/aromatic N) is 1. The SMILES string of the molecule is Nc1cnccc1S(=O)CC1CCOCC1. The molecule has 0 aromatic carbocycles. The summed E-state index contributed by atoms with van der Waals surface area (Å²) < 4.78 is 17.4. The van der Waals surface area contributed by atoms with Gasteiger partial charge in [0.1, 0.15) is 0 Å². The molecule has 0 aliphatic carbocycles. The van der Waals surface area contributed by atoms with Crippen molar-refractivity contribution in [1.82, 2.24) is 4.98 Å². The van der Waals surface area contributed by atoms with E-state index in [1.807, 2.05) is 0 Å². The molecule has 4 nitrogen and oxygen atoms in total. The second-order valence-electron chi connectivity index (χ2n) is 3.98. The van der Waals surface area contributed by atoms with Gasteiger partial charge in [-0.15, -0.1) is 0 Å². The summed E-state index contributed by atoms with van der Waals surface area (Å²) >= 11 is 0. The molecule has 1 aromatic heterocycles. The van der Waals surface area contributed by atoms with Crippen molar-refractivity contribution in [2.45, 2.75) is 17.7 Å². The Bertz CT molecular complexity index is 378. The van der Waals surface area contributed by atoms with Crippen LogP contribution in [0, 0.1) is 5.92 Å². The minimum absolute atomic E-state index is 0.488. The van der Waals surface area contributed by atoms with Crippen LogP contribution in [-0.2, 0) is 15.5 Å². The third kappa shape index (κ3) is 2.80. The average Bonchev–Trinajstić information content (AvgIpc) is 2.31. The summed E-state index contributed by atoms with van der Waals surface area (Å²) in [6.07, 6.45) is 5.18. The quantitative estimate of drug-likeness (QED) is 0.862. The fraction of sp³-hybridized carbons (Fsp3) is 0.545. The molecule has 0 radical (unpaired) electrons. The van der Waals surface area contributed by atoms with Crippen LogP contribution in [0.4, 0.5) is 5.69 Å². The van der Waals surface area contributed by atoms with E-state index >= 15 is 0 Å². The van der Waals surface area contributed by atoms with Gasteiger partial charge in [-0.1, -0.05) is 0 Å². The van der Waals surface area contributed by atoms with E-state index in [0.717, 1.165) is 26.1 Å². The zero-order valence-corrected chi connectivity index (χ0v) is 9.91. The van der Waals surface area contributed by atoms with Gasteiger partial charge in [0.2, 0.25) is 0 Å². The van der Waals surface area contributed by atoms with Gasteiger partial charge in [0, 0.05) is 25.2 Å². The third-order valence-electron chi connectivity index (χ3n) is 2.78. The molecular formula is C11H16N2O2S. The predicted octanol–water partition coefficient (Wildman–Crippen LogP) is 1.20. The number of aromatic nitrogens is 1. The van der Waals surface area contributed by atoms with E-state index in [2.05, 4.69) is 4.98 Å². The Morgan fingerprint density at radius 1 is 1.50 bits per heavy atom. The first-order valence-electron chi connectivity index (χ1n) is 5.43. The van der Waals surface area contributed by atoms with E-state index in [9.17, 15) is 4.21 Å². The molecule has 1 atom stereocenters. The highest BCUT2D eigenvalue weighted by molar-refractivity contribution is 7.85. The summed E-state index contributed by atoms with van der Waals surface area (Å²) in [6.45, 7) is 1.57. The van der Waals surface area contributed by atoms with E-state index in [1.165, 1.54) is 0 Å². The summed E-state index contributed by atoms with van der Waals surface area (Å²) in [5.41, 5.74) is 6.27. The predicted molar refractivity (Wildman–Crippen MR) is 63.5 cm³/mol. The Balaban J connectivity index is 2.00. The van der Waals surface area contributed by atoms with Crippen molar-refractivity contribution in [2.24, 2.45) is 5.92 Å². The molecule has 2 rings (SSSR count). The maximum Gasteiger partial charge on any atom is 0.0664 e. The van der Waals surface area contributed by atoms with Crippen molar-refractivity contribution in [2.75, 3.05) is 24.7 Å². The molecule has 2 heterocycles. The minimum atomic E-state index is -1.01. The highest BCUT2D eigenvalue weighted by Crippen LogP contribution is 2.21. The van der Waals surface area contributed by atoms with E-state index < -0.39 is 10.8 Å². The first-order valence-corrected chi connectivity index (χ1v) is 6.75. The van der Waals surface area contributed by atoms with Crippen molar-refractivity contribution < 1.29 is 8.95 Å². The van der Waals surface area contributed by atoms with Crippen molar-refractivity contribution in [3.63, 3.8) is 0 Å². The van der Waals surface area contributed by atoms with Crippen LogP contribution in [0.3, 0.4) is 0 Å². The summed E-state index contributed by atoms with van der Waals surface area (Å²) in [7, 11) is -1.01. The zero-order valence-electron chi connectivity index (χ0n) is 9.09. The first kappa shape index (κ1) is 11.5. The Labute approximate surface area is 97.7 Å². The average molecular weight is 240 g/mol. The van der Waals surface area contributed by atoms with E-state index in [-0.39, 0.29) is 0 Å². The largest absolute Gasteiger partial charge is 0.396 e. The third-order valence-corrected chi connectivity index (χ3v) is 4.42. The Hall–Kier alpha value is -0.940. The molecule has 0 saturated carbocycles. The number of rotatable bonds is 3. The molecule has 0 amide bonds. The fourth-order valence-electron chi connectivity index (χ4n) is 1.82. The van der Waals surface area contributed by atoms with Gasteiger partial charge in [-0.25, -0.2) is 0 Å². The van der Waals surface area contributed by atoms with E-state index in [0.29, 0.717) is 22.3 Å². The maximum absolute atomic E-state index is 12.1. The summed E-state index contributed by atoms with van der Waals surface area (Å²) in [4.78, 5) is 4.60. The second-order valence-corrected chi connectivity index (χ2v) is 5.45. The molecule has 0 bridgehead atoms. The minimum Gasteiger partial charge on any atom is -0.396 e. The molecule has 16 heavy (non-hydrogen) atoms. The number of ether oxygens (including phenoxy) is 1. The molecule has 0 spiro atoms. The van der Waals surface area contributed by atoms with Crippen molar-refractivity contribution in [3.8, 4) is 0 Å². The zero-order chi connectivity index (χ0) is 11.4. The Kier molecular flexibility index (Phi) is 3.90. The highest BCUT2D eigenvalue weighted by Gasteiger charge is 2.18. The maximum atomic E-state index is 12.1. The second kappa shape index (κ2) is 5.41. The summed E-state index contributed by atoms with van der Waals surface area (Å²) in [5.74, 6) is 1.17. The van der Waals surface area contributed by atoms with Crippen LogP contribution >= 0.6 is 0 Å². The van der Waals surface area contributed by atoms with Gasteiger partial charge >= 0.3 is 0 Å². The van der Waals surface area contributed by atoms with Gasteiger partial charge in [0.25, 0.3) is 0 Å². The lowest BCUT2D eigenvalue weighted by atomic mass is 10.0. The topological polar surface area (TPSA) is 65.2 Å². The number of hydrogen-bond donors (Lipinski definition) is 1. The molecule has 88 valence electrons. The molecule has 1 aromatic rings. The Morgan fingerprint density at radius 2 is 2.25 bits per heavy atom. The van der Waals surface area contributed by atoms with Crippen molar-refractivity contribution in [1.29, 1.82) is 0 Å². The van der Waals surface area contributed by atoms with Gasteiger partial charge in [-0.3, -0.25) is 9.19 Å². The number of hydrogen-bond acceptors (Lipinski definition) is 4. The fourth-order valence-corrected chi connectivity index (χ4v) is 3.29. The molecule has 1 aliphatic heterocycles. The number of nitrogen functional groups attached to an aromatic ring is 1. The lowest BCUT2D eigenvalue weighted by Gasteiger charge is -2.21. The normalized spacial score (nSPS) is 19.5. The lowest BCUT2D eigenvalue weighted by Crippen LogP contribution is -2.21. The van der Waals surface area contributed by atoms with E-state index in [4.69, 9.17) is 10.5 Å². The number of pyridine rings is 1. The number of nitrogens with two attached hydrogens (primary N) is 1. The summed E-state index contributed by atoms with van der Waals surface area (Å²) in [6, 6.07) is 1.74. The van der Waals surface area contributed by atoms with Crippen molar-refractivity contribution >= 4 is 16.5 Å². The van der Waals surface area contributed by atoms with Crippen molar-refractivity contribution in [3.05, 3.63) is 18.5 Å². The molecule has 1 fully saturated rings.